The van der Waals surface area contributed by atoms with Crippen molar-refractivity contribution in [1.82, 2.24) is 5.32 Å². The van der Waals surface area contributed by atoms with Crippen molar-refractivity contribution in [1.29, 1.82) is 0 Å². The topological polar surface area (TPSA) is 47.6 Å². The number of hydrogen-bond donors (Lipinski definition) is 1. The monoisotopic (exact) mass is 215 g/mol. The molecule has 0 aromatic rings. The molecule has 2 atom stereocenters. The summed E-state index contributed by atoms with van der Waals surface area (Å²) in [6.07, 6.45) is 4.48. The summed E-state index contributed by atoms with van der Waals surface area (Å²) in [5.74, 6) is -0.187. The molecule has 15 heavy (non-hydrogen) atoms. The van der Waals surface area contributed by atoms with Crippen molar-refractivity contribution in [2.24, 2.45) is 0 Å². The first-order valence-electron chi connectivity index (χ1n) is 5.70. The number of ether oxygens (including phenoxy) is 2. The van der Waals surface area contributed by atoms with Gasteiger partial charge in [-0.25, -0.2) is 0 Å². The Morgan fingerprint density at radius 1 is 1.60 bits per heavy atom. The molecular formula is C11H21NO3. The molecule has 0 bridgehead atoms. The second-order valence-electron chi connectivity index (χ2n) is 3.88. The number of esters is 1. The standard InChI is InChI=1S/C11H21NO3/c1-3-10(11(13)14-2)12-8-9-6-4-5-7-15-9/h9-10,12H,3-8H2,1-2H3. The average molecular weight is 215 g/mol. The third-order valence-electron chi connectivity index (χ3n) is 2.76. The Bertz CT molecular complexity index is 190. The first kappa shape index (κ1) is 12.5. The van der Waals surface area contributed by atoms with E-state index in [2.05, 4.69) is 5.32 Å². The fourth-order valence-electron chi connectivity index (χ4n) is 1.78. The van der Waals surface area contributed by atoms with Gasteiger partial charge < -0.3 is 14.8 Å². The van der Waals surface area contributed by atoms with Gasteiger partial charge in [-0.1, -0.05) is 6.92 Å². The molecule has 0 aromatic heterocycles. The zero-order chi connectivity index (χ0) is 11.1. The van der Waals surface area contributed by atoms with Crippen LogP contribution < -0.4 is 5.32 Å². The molecule has 2 unspecified atom stereocenters. The minimum absolute atomic E-state index is 0.187. The maximum atomic E-state index is 11.3. The maximum absolute atomic E-state index is 11.3. The number of carbonyl (C=O) groups excluding carboxylic acids is 1. The molecule has 0 spiro atoms. The van der Waals surface area contributed by atoms with Gasteiger partial charge >= 0.3 is 5.97 Å². The molecule has 1 heterocycles. The van der Waals surface area contributed by atoms with Gasteiger partial charge in [-0.15, -0.1) is 0 Å². The van der Waals surface area contributed by atoms with Crippen molar-refractivity contribution in [3.63, 3.8) is 0 Å². The molecule has 1 fully saturated rings. The van der Waals surface area contributed by atoms with Gasteiger partial charge in [-0.3, -0.25) is 4.79 Å². The lowest BCUT2D eigenvalue weighted by Crippen LogP contribution is -2.42. The minimum atomic E-state index is -0.194. The lowest BCUT2D eigenvalue weighted by atomic mass is 10.1. The van der Waals surface area contributed by atoms with Crippen LogP contribution in [0, 0.1) is 0 Å². The van der Waals surface area contributed by atoms with E-state index in [1.165, 1.54) is 13.5 Å². The molecule has 4 heteroatoms. The zero-order valence-corrected chi connectivity index (χ0v) is 9.62. The van der Waals surface area contributed by atoms with E-state index in [4.69, 9.17) is 9.47 Å². The highest BCUT2D eigenvalue weighted by Crippen LogP contribution is 2.12. The van der Waals surface area contributed by atoms with Gasteiger partial charge in [0.25, 0.3) is 0 Å². The second-order valence-corrected chi connectivity index (χ2v) is 3.88. The molecule has 88 valence electrons. The van der Waals surface area contributed by atoms with Crippen molar-refractivity contribution in [3.8, 4) is 0 Å². The van der Waals surface area contributed by atoms with Crippen LogP contribution in [0.1, 0.15) is 32.6 Å². The van der Waals surface area contributed by atoms with Gasteiger partial charge in [-0.05, 0) is 25.7 Å². The summed E-state index contributed by atoms with van der Waals surface area (Å²) in [6, 6.07) is -0.194. The molecule has 1 N–H and O–H groups in total. The van der Waals surface area contributed by atoms with E-state index in [0.717, 1.165) is 32.4 Å². The van der Waals surface area contributed by atoms with E-state index in [9.17, 15) is 4.79 Å². The largest absolute Gasteiger partial charge is 0.468 e. The number of methoxy groups -OCH3 is 1. The molecule has 1 aliphatic rings. The third-order valence-corrected chi connectivity index (χ3v) is 2.76. The molecule has 0 radical (unpaired) electrons. The van der Waals surface area contributed by atoms with Crippen LogP contribution in [0.25, 0.3) is 0 Å². The highest BCUT2D eigenvalue weighted by atomic mass is 16.5. The molecule has 1 saturated heterocycles. The molecule has 1 aliphatic heterocycles. The third kappa shape index (κ3) is 4.18. The number of nitrogens with one attached hydrogen (secondary N) is 1. The summed E-state index contributed by atoms with van der Waals surface area (Å²) in [5, 5.41) is 3.19. The quantitative estimate of drug-likeness (QED) is 0.698. The van der Waals surface area contributed by atoms with E-state index >= 15 is 0 Å². The van der Waals surface area contributed by atoms with Crippen LogP contribution in [-0.2, 0) is 14.3 Å². The second kappa shape index (κ2) is 6.80. The summed E-state index contributed by atoms with van der Waals surface area (Å²) < 4.78 is 10.3. The fourth-order valence-corrected chi connectivity index (χ4v) is 1.78. The van der Waals surface area contributed by atoms with E-state index in [0.29, 0.717) is 0 Å². The Morgan fingerprint density at radius 3 is 2.93 bits per heavy atom. The summed E-state index contributed by atoms with van der Waals surface area (Å²) in [4.78, 5) is 11.3. The molecule has 0 amide bonds. The van der Waals surface area contributed by atoms with Crippen LogP contribution in [0.5, 0.6) is 0 Å². The van der Waals surface area contributed by atoms with Crippen LogP contribution in [0.2, 0.25) is 0 Å². The normalized spacial score (nSPS) is 23.5. The van der Waals surface area contributed by atoms with Crippen molar-refractivity contribution < 1.29 is 14.3 Å². The number of hydrogen-bond acceptors (Lipinski definition) is 4. The van der Waals surface area contributed by atoms with E-state index < -0.39 is 0 Å². The average Bonchev–Trinajstić information content (AvgIpc) is 2.31. The Kier molecular flexibility index (Phi) is 5.65. The summed E-state index contributed by atoms with van der Waals surface area (Å²) in [7, 11) is 1.42. The Morgan fingerprint density at radius 2 is 2.40 bits per heavy atom. The highest BCUT2D eigenvalue weighted by molar-refractivity contribution is 5.75. The van der Waals surface area contributed by atoms with Gasteiger partial charge in [0.05, 0.1) is 13.2 Å². The first-order chi connectivity index (χ1) is 7.27. The van der Waals surface area contributed by atoms with Crippen LogP contribution >= 0.6 is 0 Å². The van der Waals surface area contributed by atoms with Crippen LogP contribution in [-0.4, -0.2) is 38.4 Å². The number of carbonyl (C=O) groups is 1. The summed E-state index contributed by atoms with van der Waals surface area (Å²) in [6.45, 7) is 3.56. The van der Waals surface area contributed by atoms with Gasteiger partial charge in [0.1, 0.15) is 6.04 Å². The van der Waals surface area contributed by atoms with E-state index in [1.54, 1.807) is 0 Å². The molecule has 0 aromatic carbocycles. The van der Waals surface area contributed by atoms with E-state index in [-0.39, 0.29) is 18.1 Å². The lowest BCUT2D eigenvalue weighted by Gasteiger charge is -2.24. The molecular weight excluding hydrogens is 194 g/mol. The van der Waals surface area contributed by atoms with E-state index in [1.807, 2.05) is 6.92 Å². The SMILES string of the molecule is CCC(NCC1CCCCO1)C(=O)OC. The predicted octanol–water partition coefficient (Wildman–Crippen LogP) is 1.10. The maximum Gasteiger partial charge on any atom is 0.322 e. The molecule has 0 aliphatic carbocycles. The molecule has 0 saturated carbocycles. The predicted molar refractivity (Wildman–Crippen MR) is 57.7 cm³/mol. The van der Waals surface area contributed by atoms with Crippen LogP contribution in [0.4, 0.5) is 0 Å². The number of rotatable bonds is 5. The summed E-state index contributed by atoms with van der Waals surface area (Å²) in [5.41, 5.74) is 0. The van der Waals surface area contributed by atoms with Gasteiger partial charge in [-0.2, -0.15) is 0 Å². The van der Waals surface area contributed by atoms with Gasteiger partial charge in [0.15, 0.2) is 0 Å². The highest BCUT2D eigenvalue weighted by Gasteiger charge is 2.19. The van der Waals surface area contributed by atoms with Crippen molar-refractivity contribution in [2.75, 3.05) is 20.3 Å². The van der Waals surface area contributed by atoms with Crippen LogP contribution in [0.3, 0.4) is 0 Å². The fraction of sp³-hybridized carbons (Fsp3) is 0.909. The molecule has 1 rings (SSSR count). The Hall–Kier alpha value is -0.610. The first-order valence-corrected chi connectivity index (χ1v) is 5.70. The van der Waals surface area contributed by atoms with Crippen LogP contribution in [0.15, 0.2) is 0 Å². The molecule has 4 nitrogen and oxygen atoms in total. The smallest absolute Gasteiger partial charge is 0.322 e. The lowest BCUT2D eigenvalue weighted by molar-refractivity contribution is -0.143. The van der Waals surface area contributed by atoms with Crippen molar-refractivity contribution >= 4 is 5.97 Å². The minimum Gasteiger partial charge on any atom is -0.468 e. The van der Waals surface area contributed by atoms with Crippen molar-refractivity contribution in [3.05, 3.63) is 0 Å². The van der Waals surface area contributed by atoms with Gasteiger partial charge in [0, 0.05) is 13.2 Å². The Labute approximate surface area is 91.3 Å². The van der Waals surface area contributed by atoms with Gasteiger partial charge in [0.2, 0.25) is 0 Å². The summed E-state index contributed by atoms with van der Waals surface area (Å²) >= 11 is 0. The zero-order valence-electron chi connectivity index (χ0n) is 9.62. The Balaban J connectivity index is 2.23. The van der Waals surface area contributed by atoms with Crippen molar-refractivity contribution in [2.45, 2.75) is 44.8 Å².